The normalized spacial score (nSPS) is 10.6. The molecule has 0 aliphatic rings. The Morgan fingerprint density at radius 2 is 1.50 bits per heavy atom. The number of hydrogen-bond donors (Lipinski definition) is 1. The topological polar surface area (TPSA) is 86.8 Å². The van der Waals surface area contributed by atoms with E-state index in [0.717, 1.165) is 16.3 Å². The predicted molar refractivity (Wildman–Crippen MR) is 130 cm³/mol. The maximum atomic E-state index is 12.9. The number of pyridine rings is 1. The smallest absolute Gasteiger partial charge is 0.251 e. The van der Waals surface area contributed by atoms with Gasteiger partial charge in [-0.1, -0.05) is 42.5 Å². The lowest BCUT2D eigenvalue weighted by atomic mass is 10.0. The quantitative estimate of drug-likeness (QED) is 0.392. The molecule has 0 bridgehead atoms. The van der Waals surface area contributed by atoms with Gasteiger partial charge in [0.15, 0.2) is 17.3 Å². The lowest BCUT2D eigenvalue weighted by molar-refractivity contribution is 0.0902. The number of ether oxygens (including phenoxy) is 3. The first-order valence-electron chi connectivity index (χ1n) is 10.6. The van der Waals surface area contributed by atoms with E-state index in [2.05, 4.69) is 10.3 Å². The van der Waals surface area contributed by atoms with Gasteiger partial charge in [0.05, 0.1) is 27.9 Å². The fraction of sp³-hybridized carbons (Fsp3) is 0.148. The molecule has 7 nitrogen and oxygen atoms in total. The zero-order valence-electron chi connectivity index (χ0n) is 19.1. The Hall–Kier alpha value is -4.39. The minimum Gasteiger partial charge on any atom is -0.494 e. The van der Waals surface area contributed by atoms with Crippen LogP contribution in [0.1, 0.15) is 20.8 Å². The van der Waals surface area contributed by atoms with Crippen LogP contribution in [0.15, 0.2) is 72.8 Å². The van der Waals surface area contributed by atoms with E-state index in [0.29, 0.717) is 28.5 Å². The summed E-state index contributed by atoms with van der Waals surface area (Å²) < 4.78 is 15.9. The van der Waals surface area contributed by atoms with Crippen LogP contribution in [0.5, 0.6) is 17.2 Å². The number of benzene rings is 3. The van der Waals surface area contributed by atoms with Crippen molar-refractivity contribution in [2.45, 2.75) is 0 Å². The molecule has 4 rings (SSSR count). The Morgan fingerprint density at radius 1 is 0.794 bits per heavy atom. The van der Waals surface area contributed by atoms with E-state index in [9.17, 15) is 9.59 Å². The van der Waals surface area contributed by atoms with Gasteiger partial charge in [-0.15, -0.1) is 0 Å². The van der Waals surface area contributed by atoms with Crippen LogP contribution in [0.25, 0.3) is 22.0 Å². The first-order valence-corrected chi connectivity index (χ1v) is 10.6. The lowest BCUT2D eigenvalue weighted by Gasteiger charge is -2.12. The monoisotopic (exact) mass is 456 g/mol. The molecule has 0 atom stereocenters. The first kappa shape index (κ1) is 22.8. The molecule has 4 aromatic rings. The van der Waals surface area contributed by atoms with Gasteiger partial charge in [-0.25, -0.2) is 4.98 Å². The van der Waals surface area contributed by atoms with Gasteiger partial charge < -0.3 is 19.5 Å². The number of ketones is 1. The highest BCUT2D eigenvalue weighted by atomic mass is 16.5. The second-order valence-electron chi connectivity index (χ2n) is 7.45. The summed E-state index contributed by atoms with van der Waals surface area (Å²) in [6.07, 6.45) is 0. The van der Waals surface area contributed by atoms with Crippen LogP contribution in [0.3, 0.4) is 0 Å². The minimum atomic E-state index is -0.405. The number of hydrogen-bond acceptors (Lipinski definition) is 6. The Kier molecular flexibility index (Phi) is 6.73. The number of rotatable bonds is 8. The molecule has 172 valence electrons. The number of Topliss-reactive ketones (excluding diaryl/α,β-unsaturated/α-hetero) is 1. The number of methoxy groups -OCH3 is 3. The average molecular weight is 456 g/mol. The summed E-state index contributed by atoms with van der Waals surface area (Å²) in [6, 6.07) is 22.0. The molecular formula is C27H24N2O5. The average Bonchev–Trinajstić information content (AvgIpc) is 2.90. The second-order valence-corrected chi connectivity index (χ2v) is 7.45. The largest absolute Gasteiger partial charge is 0.494 e. The van der Waals surface area contributed by atoms with Crippen LogP contribution < -0.4 is 19.5 Å². The van der Waals surface area contributed by atoms with Gasteiger partial charge in [0.2, 0.25) is 0 Å². The molecule has 0 aliphatic heterocycles. The third kappa shape index (κ3) is 4.54. The predicted octanol–water partition coefficient (Wildman–Crippen LogP) is 4.54. The minimum absolute atomic E-state index is 0.207. The van der Waals surface area contributed by atoms with Gasteiger partial charge in [-0.2, -0.15) is 0 Å². The Labute approximate surface area is 197 Å². The maximum absolute atomic E-state index is 12.9. The van der Waals surface area contributed by atoms with Gasteiger partial charge in [0.1, 0.15) is 17.1 Å². The highest BCUT2D eigenvalue weighted by Gasteiger charge is 2.17. The van der Waals surface area contributed by atoms with Gasteiger partial charge in [-0.05, 0) is 41.1 Å². The van der Waals surface area contributed by atoms with E-state index in [-0.39, 0.29) is 18.0 Å². The van der Waals surface area contributed by atoms with Crippen molar-refractivity contribution in [2.75, 3.05) is 27.9 Å². The van der Waals surface area contributed by atoms with Crippen molar-refractivity contribution < 1.29 is 23.8 Å². The summed E-state index contributed by atoms with van der Waals surface area (Å²) in [5.74, 6) is 0.772. The number of nitrogens with one attached hydrogen (secondary N) is 1. The van der Waals surface area contributed by atoms with Crippen LogP contribution in [0.4, 0.5) is 0 Å². The number of fused-ring (bicyclic) bond motifs is 1. The molecule has 0 saturated carbocycles. The van der Waals surface area contributed by atoms with Gasteiger partial charge in [-0.3, -0.25) is 9.59 Å². The third-order valence-corrected chi connectivity index (χ3v) is 5.46. The zero-order valence-corrected chi connectivity index (χ0v) is 19.1. The van der Waals surface area contributed by atoms with Crippen molar-refractivity contribution in [3.8, 4) is 28.5 Å². The summed E-state index contributed by atoms with van der Waals surface area (Å²) in [5.41, 5.74) is 2.01. The van der Waals surface area contributed by atoms with E-state index in [1.165, 1.54) is 14.2 Å². The molecule has 1 amide bonds. The zero-order chi connectivity index (χ0) is 24.1. The molecule has 7 heteroatoms. The van der Waals surface area contributed by atoms with Crippen molar-refractivity contribution in [2.24, 2.45) is 0 Å². The fourth-order valence-corrected chi connectivity index (χ4v) is 3.72. The van der Waals surface area contributed by atoms with Crippen molar-refractivity contribution in [1.29, 1.82) is 0 Å². The van der Waals surface area contributed by atoms with Crippen molar-refractivity contribution in [3.63, 3.8) is 0 Å². The second kappa shape index (κ2) is 10.0. The SMILES string of the molecule is COc1ccc(C(=O)NCC(=O)c2ccc(OC)c(-c3cccc4ccccc34)n2)cc1OC. The molecule has 1 N–H and O–H groups in total. The van der Waals surface area contributed by atoms with Crippen LogP contribution in [-0.2, 0) is 0 Å². The molecule has 0 saturated heterocycles. The summed E-state index contributed by atoms with van der Waals surface area (Å²) in [4.78, 5) is 30.1. The third-order valence-electron chi connectivity index (χ3n) is 5.46. The lowest BCUT2D eigenvalue weighted by Crippen LogP contribution is -2.30. The van der Waals surface area contributed by atoms with Gasteiger partial charge in [0, 0.05) is 11.1 Å². The van der Waals surface area contributed by atoms with Gasteiger partial charge >= 0.3 is 0 Å². The number of aromatic nitrogens is 1. The molecule has 1 heterocycles. The molecule has 0 aliphatic carbocycles. The standard InChI is InChI=1S/C27H24N2O5/c1-32-23-13-11-18(15-25(23)34-3)27(31)28-16-22(30)21-12-14-24(33-2)26(29-21)20-10-6-8-17-7-4-5-9-19(17)20/h4-15H,16H2,1-3H3,(H,28,31). The number of amides is 1. The summed E-state index contributed by atoms with van der Waals surface area (Å²) in [5, 5.41) is 4.71. The fourth-order valence-electron chi connectivity index (χ4n) is 3.72. The van der Waals surface area contributed by atoms with E-state index < -0.39 is 5.91 Å². The molecule has 0 fully saturated rings. The summed E-state index contributed by atoms with van der Waals surface area (Å²) in [7, 11) is 4.58. The van der Waals surface area contributed by atoms with Crippen LogP contribution >= 0.6 is 0 Å². The number of carbonyl (C=O) groups is 2. The Bertz CT molecular complexity index is 1360. The maximum Gasteiger partial charge on any atom is 0.251 e. The van der Waals surface area contributed by atoms with Crippen molar-refractivity contribution in [1.82, 2.24) is 10.3 Å². The van der Waals surface area contributed by atoms with Crippen molar-refractivity contribution >= 4 is 22.5 Å². The highest BCUT2D eigenvalue weighted by Crippen LogP contribution is 2.33. The Morgan fingerprint density at radius 3 is 2.26 bits per heavy atom. The van der Waals surface area contributed by atoms with E-state index in [1.54, 1.807) is 37.4 Å². The summed E-state index contributed by atoms with van der Waals surface area (Å²) in [6.45, 7) is -0.207. The molecule has 0 spiro atoms. The van der Waals surface area contributed by atoms with Crippen LogP contribution in [0.2, 0.25) is 0 Å². The van der Waals surface area contributed by atoms with E-state index in [1.807, 2.05) is 42.5 Å². The molecule has 1 aromatic heterocycles. The molecule has 34 heavy (non-hydrogen) atoms. The highest BCUT2D eigenvalue weighted by molar-refractivity contribution is 6.02. The van der Waals surface area contributed by atoms with Crippen LogP contribution in [0, 0.1) is 0 Å². The molecule has 0 unspecified atom stereocenters. The van der Waals surface area contributed by atoms with Crippen LogP contribution in [-0.4, -0.2) is 44.5 Å². The molecule has 3 aromatic carbocycles. The summed E-state index contributed by atoms with van der Waals surface area (Å²) >= 11 is 0. The first-order chi connectivity index (χ1) is 16.5. The van der Waals surface area contributed by atoms with E-state index in [4.69, 9.17) is 14.2 Å². The van der Waals surface area contributed by atoms with E-state index >= 15 is 0 Å². The van der Waals surface area contributed by atoms with Crippen molar-refractivity contribution in [3.05, 3.63) is 84.1 Å². The Balaban J connectivity index is 1.57. The number of nitrogens with zero attached hydrogens (tertiary/aromatic N) is 1. The van der Waals surface area contributed by atoms with Gasteiger partial charge in [0.25, 0.3) is 5.91 Å². The molecular weight excluding hydrogens is 432 g/mol. The molecule has 0 radical (unpaired) electrons. The number of carbonyl (C=O) groups excluding carboxylic acids is 2.